The minimum atomic E-state index is -0.286. The molecule has 0 bridgehead atoms. The summed E-state index contributed by atoms with van der Waals surface area (Å²) in [5, 5.41) is 0. The third-order valence-corrected chi connectivity index (χ3v) is 2.97. The first-order valence-electron chi connectivity index (χ1n) is 7.03. The van der Waals surface area contributed by atoms with Gasteiger partial charge in [0.25, 0.3) is 0 Å². The normalized spacial score (nSPS) is 14.0. The van der Waals surface area contributed by atoms with E-state index in [9.17, 15) is 4.79 Å². The van der Waals surface area contributed by atoms with E-state index in [-0.39, 0.29) is 22.7 Å². The van der Waals surface area contributed by atoms with Gasteiger partial charge in [-0.15, -0.1) is 0 Å². The fourth-order valence-corrected chi connectivity index (χ4v) is 2.22. The summed E-state index contributed by atoms with van der Waals surface area (Å²) in [4.78, 5) is 16.5. The van der Waals surface area contributed by atoms with Gasteiger partial charge in [0.05, 0.1) is 0 Å². The lowest BCUT2D eigenvalue weighted by molar-refractivity contribution is -0.131. The summed E-state index contributed by atoms with van der Waals surface area (Å²) in [6.07, 6.45) is 2.61. The van der Waals surface area contributed by atoms with Crippen molar-refractivity contribution in [2.24, 2.45) is 33.2 Å². The van der Waals surface area contributed by atoms with Gasteiger partial charge in [-0.1, -0.05) is 41.5 Å². The highest BCUT2D eigenvalue weighted by Crippen LogP contribution is 2.32. The zero-order chi connectivity index (χ0) is 15.3. The Morgan fingerprint density at radius 2 is 1.63 bits per heavy atom. The average molecular weight is 269 g/mol. The molecule has 0 heterocycles. The van der Waals surface area contributed by atoms with Crippen LogP contribution in [0.15, 0.2) is 4.99 Å². The standard InChI is InChI=1S/C15H31N3O/c1-14(2,3)10-11(12(19)15(4,5)6)8-7-9-18-13(16)17/h11H,7-10H2,1-6H3,(H4,16,17,18). The number of aliphatic imine (C=N–C) groups is 1. The summed E-state index contributed by atoms with van der Waals surface area (Å²) in [5.74, 6) is 0.552. The van der Waals surface area contributed by atoms with E-state index in [0.717, 1.165) is 19.3 Å². The number of nitrogens with zero attached hydrogens (tertiary/aromatic N) is 1. The van der Waals surface area contributed by atoms with Gasteiger partial charge >= 0.3 is 0 Å². The predicted molar refractivity (Wildman–Crippen MR) is 81.9 cm³/mol. The van der Waals surface area contributed by atoms with E-state index < -0.39 is 0 Å². The van der Waals surface area contributed by atoms with Crippen molar-refractivity contribution >= 4 is 11.7 Å². The van der Waals surface area contributed by atoms with E-state index in [0.29, 0.717) is 12.3 Å². The fourth-order valence-electron chi connectivity index (χ4n) is 2.22. The maximum atomic E-state index is 12.5. The largest absolute Gasteiger partial charge is 0.370 e. The summed E-state index contributed by atoms with van der Waals surface area (Å²) in [7, 11) is 0. The SMILES string of the molecule is CC(C)(C)CC(CCCN=C(N)N)C(=O)C(C)(C)C. The molecule has 4 heteroatoms. The smallest absolute Gasteiger partial charge is 0.185 e. The third kappa shape index (κ3) is 8.62. The summed E-state index contributed by atoms with van der Waals surface area (Å²) in [6, 6.07) is 0. The van der Waals surface area contributed by atoms with Crippen molar-refractivity contribution in [2.45, 2.75) is 60.8 Å². The second kappa shape index (κ2) is 6.92. The van der Waals surface area contributed by atoms with Crippen LogP contribution in [0.5, 0.6) is 0 Å². The van der Waals surface area contributed by atoms with Crippen molar-refractivity contribution in [3.8, 4) is 0 Å². The van der Waals surface area contributed by atoms with E-state index in [1.54, 1.807) is 0 Å². The molecule has 0 aromatic heterocycles. The van der Waals surface area contributed by atoms with Gasteiger partial charge in [-0.25, -0.2) is 0 Å². The second-order valence-corrected chi connectivity index (χ2v) is 7.52. The fraction of sp³-hybridized carbons (Fsp3) is 0.867. The van der Waals surface area contributed by atoms with Crippen molar-refractivity contribution in [1.29, 1.82) is 0 Å². The van der Waals surface area contributed by atoms with E-state index in [2.05, 4.69) is 25.8 Å². The topological polar surface area (TPSA) is 81.5 Å². The van der Waals surface area contributed by atoms with Crippen molar-refractivity contribution in [2.75, 3.05) is 6.54 Å². The number of carbonyl (C=O) groups excluding carboxylic acids is 1. The van der Waals surface area contributed by atoms with Crippen LogP contribution in [-0.4, -0.2) is 18.3 Å². The van der Waals surface area contributed by atoms with Crippen molar-refractivity contribution < 1.29 is 4.79 Å². The van der Waals surface area contributed by atoms with Crippen LogP contribution in [0.25, 0.3) is 0 Å². The van der Waals surface area contributed by atoms with E-state index >= 15 is 0 Å². The molecule has 0 saturated heterocycles. The van der Waals surface area contributed by atoms with Gasteiger partial charge in [-0.3, -0.25) is 9.79 Å². The van der Waals surface area contributed by atoms with Crippen molar-refractivity contribution in [3.05, 3.63) is 0 Å². The Kier molecular flexibility index (Phi) is 6.53. The molecule has 1 atom stereocenters. The van der Waals surface area contributed by atoms with E-state index in [1.807, 2.05) is 20.8 Å². The summed E-state index contributed by atoms with van der Waals surface area (Å²) < 4.78 is 0. The molecule has 0 radical (unpaired) electrons. The van der Waals surface area contributed by atoms with Gasteiger partial charge in [-0.05, 0) is 24.7 Å². The second-order valence-electron chi connectivity index (χ2n) is 7.52. The lowest BCUT2D eigenvalue weighted by atomic mass is 9.74. The Bertz CT molecular complexity index is 317. The number of hydrogen-bond donors (Lipinski definition) is 2. The number of ketones is 1. The molecule has 112 valence electrons. The first kappa shape index (κ1) is 17.9. The maximum absolute atomic E-state index is 12.5. The van der Waals surface area contributed by atoms with Crippen LogP contribution < -0.4 is 11.5 Å². The monoisotopic (exact) mass is 269 g/mol. The van der Waals surface area contributed by atoms with Gasteiger partial charge in [0.15, 0.2) is 5.96 Å². The summed E-state index contributed by atoms with van der Waals surface area (Å²) in [6.45, 7) is 13.1. The van der Waals surface area contributed by atoms with Gasteiger partial charge in [0, 0.05) is 17.9 Å². The Balaban J connectivity index is 4.61. The molecule has 4 nitrogen and oxygen atoms in total. The first-order chi connectivity index (χ1) is 8.43. The quantitative estimate of drug-likeness (QED) is 0.442. The molecule has 4 N–H and O–H groups in total. The molecule has 0 amide bonds. The molecule has 0 aromatic carbocycles. The summed E-state index contributed by atoms with van der Waals surface area (Å²) >= 11 is 0. The van der Waals surface area contributed by atoms with Crippen LogP contribution in [-0.2, 0) is 4.79 Å². The molecular formula is C15H31N3O. The minimum Gasteiger partial charge on any atom is -0.370 e. The van der Waals surface area contributed by atoms with Gasteiger partial charge in [0.1, 0.15) is 5.78 Å². The third-order valence-electron chi connectivity index (χ3n) is 2.97. The molecule has 0 aliphatic heterocycles. The average Bonchev–Trinajstić information content (AvgIpc) is 2.18. The number of nitrogens with two attached hydrogens (primary N) is 2. The van der Waals surface area contributed by atoms with Crippen molar-refractivity contribution in [1.82, 2.24) is 0 Å². The Hall–Kier alpha value is -1.06. The highest BCUT2D eigenvalue weighted by molar-refractivity contribution is 5.86. The Morgan fingerprint density at radius 1 is 1.11 bits per heavy atom. The Labute approximate surface area is 118 Å². The zero-order valence-electron chi connectivity index (χ0n) is 13.4. The van der Waals surface area contributed by atoms with E-state index in [4.69, 9.17) is 11.5 Å². The Morgan fingerprint density at radius 3 is 2.00 bits per heavy atom. The van der Waals surface area contributed by atoms with Crippen LogP contribution in [0, 0.1) is 16.7 Å². The molecule has 0 spiro atoms. The molecule has 0 aliphatic carbocycles. The molecule has 0 aliphatic rings. The molecule has 1 unspecified atom stereocenters. The minimum absolute atomic E-state index is 0.0919. The number of guanidine groups is 1. The van der Waals surface area contributed by atoms with Gasteiger partial charge in [0.2, 0.25) is 0 Å². The lowest BCUT2D eigenvalue weighted by Gasteiger charge is -2.29. The van der Waals surface area contributed by atoms with Gasteiger partial charge < -0.3 is 11.5 Å². The van der Waals surface area contributed by atoms with Crippen LogP contribution in [0.3, 0.4) is 0 Å². The van der Waals surface area contributed by atoms with Crippen molar-refractivity contribution in [3.63, 3.8) is 0 Å². The zero-order valence-corrected chi connectivity index (χ0v) is 13.4. The predicted octanol–water partition coefficient (Wildman–Crippen LogP) is 2.71. The first-order valence-corrected chi connectivity index (χ1v) is 7.03. The molecule has 0 saturated carbocycles. The van der Waals surface area contributed by atoms with Gasteiger partial charge in [-0.2, -0.15) is 0 Å². The maximum Gasteiger partial charge on any atom is 0.185 e. The van der Waals surface area contributed by atoms with Crippen LogP contribution in [0.1, 0.15) is 60.8 Å². The van der Waals surface area contributed by atoms with E-state index in [1.165, 1.54) is 0 Å². The number of hydrogen-bond acceptors (Lipinski definition) is 2. The molecule has 0 aromatic rings. The summed E-state index contributed by atoms with van der Waals surface area (Å²) in [5.41, 5.74) is 10.5. The number of carbonyl (C=O) groups is 1. The number of rotatable bonds is 6. The molecular weight excluding hydrogens is 238 g/mol. The molecule has 0 fully saturated rings. The molecule has 0 rings (SSSR count). The van der Waals surface area contributed by atoms with Crippen LogP contribution in [0.2, 0.25) is 0 Å². The molecule has 19 heavy (non-hydrogen) atoms. The van der Waals surface area contributed by atoms with Crippen LogP contribution in [0.4, 0.5) is 0 Å². The van der Waals surface area contributed by atoms with Crippen LogP contribution >= 0.6 is 0 Å². The highest BCUT2D eigenvalue weighted by Gasteiger charge is 2.31. The lowest BCUT2D eigenvalue weighted by Crippen LogP contribution is -2.31. The highest BCUT2D eigenvalue weighted by atomic mass is 16.1. The number of Topliss-reactive ketones (excluding diaryl/α,β-unsaturated/α-hetero) is 1.